The largest absolute Gasteiger partial charge is 0.384 e. The van der Waals surface area contributed by atoms with E-state index in [2.05, 4.69) is 57.7 Å². The van der Waals surface area contributed by atoms with Gasteiger partial charge in [0.05, 0.1) is 5.52 Å². The molecule has 0 atom stereocenters. The van der Waals surface area contributed by atoms with Crippen molar-refractivity contribution in [1.29, 1.82) is 0 Å². The fourth-order valence-electron chi connectivity index (χ4n) is 2.55. The number of hydrogen-bond donors (Lipinski definition) is 2. The molecule has 0 radical (unpaired) electrons. The Balaban J connectivity index is 1.62. The summed E-state index contributed by atoms with van der Waals surface area (Å²) in [4.78, 5) is 6.48. The number of nitrogens with two attached hydrogens (primary N) is 1. The van der Waals surface area contributed by atoms with Crippen molar-refractivity contribution in [3.05, 3.63) is 65.7 Å². The maximum atomic E-state index is 5.75. The van der Waals surface area contributed by atoms with Gasteiger partial charge in [-0.15, -0.1) is 0 Å². The molecular weight excluding hydrogens is 284 g/mol. The van der Waals surface area contributed by atoms with E-state index >= 15 is 0 Å². The molecule has 1 heterocycles. The van der Waals surface area contributed by atoms with Crippen LogP contribution in [0.15, 0.2) is 54.6 Å². The first kappa shape index (κ1) is 15.3. The maximum Gasteiger partial charge on any atom is 0.124 e. The van der Waals surface area contributed by atoms with Gasteiger partial charge in [0.25, 0.3) is 0 Å². The first-order valence-electron chi connectivity index (χ1n) is 7.74. The molecule has 4 heteroatoms. The smallest absolute Gasteiger partial charge is 0.124 e. The lowest BCUT2D eigenvalue weighted by Gasteiger charge is -2.13. The number of nitrogen functional groups attached to an aromatic ring is 1. The number of aromatic nitrogens is 1. The van der Waals surface area contributed by atoms with E-state index in [1.807, 2.05) is 26.2 Å². The average Bonchev–Trinajstić information content (AvgIpc) is 2.55. The van der Waals surface area contributed by atoms with Crippen molar-refractivity contribution in [2.75, 3.05) is 24.7 Å². The molecule has 0 aliphatic rings. The highest BCUT2D eigenvalue weighted by Crippen LogP contribution is 2.16. The fraction of sp³-hybridized carbons (Fsp3) is 0.211. The molecule has 0 unspecified atom stereocenters. The molecule has 3 aromatic rings. The number of pyridine rings is 1. The van der Waals surface area contributed by atoms with Crippen LogP contribution in [0.1, 0.15) is 11.1 Å². The number of benzene rings is 2. The zero-order valence-corrected chi connectivity index (χ0v) is 13.6. The Bertz CT molecular complexity index is 794. The summed E-state index contributed by atoms with van der Waals surface area (Å²) in [6.45, 7) is 1.65. The fourth-order valence-corrected chi connectivity index (χ4v) is 2.55. The quantitative estimate of drug-likeness (QED) is 0.760. The van der Waals surface area contributed by atoms with E-state index in [1.54, 1.807) is 0 Å². The van der Waals surface area contributed by atoms with Gasteiger partial charge in [-0.2, -0.15) is 0 Å². The summed E-state index contributed by atoms with van der Waals surface area (Å²) in [5, 5.41) is 4.59. The number of fused-ring (bicyclic) bond motifs is 1. The van der Waals surface area contributed by atoms with Crippen molar-refractivity contribution in [3.8, 4) is 0 Å². The van der Waals surface area contributed by atoms with Gasteiger partial charge in [-0.1, -0.05) is 24.3 Å². The molecule has 0 spiro atoms. The first-order valence-corrected chi connectivity index (χ1v) is 7.74. The number of nitrogens with zero attached hydrogens (tertiary/aromatic N) is 2. The van der Waals surface area contributed by atoms with Crippen molar-refractivity contribution >= 4 is 22.4 Å². The van der Waals surface area contributed by atoms with Crippen LogP contribution in [-0.2, 0) is 13.1 Å². The molecule has 0 aliphatic heterocycles. The van der Waals surface area contributed by atoms with E-state index in [4.69, 9.17) is 5.73 Å². The van der Waals surface area contributed by atoms with Gasteiger partial charge in [-0.3, -0.25) is 0 Å². The van der Waals surface area contributed by atoms with Gasteiger partial charge in [0, 0.05) is 38.3 Å². The van der Waals surface area contributed by atoms with Crippen molar-refractivity contribution in [2.24, 2.45) is 0 Å². The molecule has 0 saturated heterocycles. The summed E-state index contributed by atoms with van der Waals surface area (Å²) in [5.74, 6) is 0.559. The summed E-state index contributed by atoms with van der Waals surface area (Å²) < 4.78 is 0. The lowest BCUT2D eigenvalue weighted by atomic mass is 10.1. The molecule has 118 valence electrons. The molecule has 0 aliphatic carbocycles. The Morgan fingerprint density at radius 2 is 1.57 bits per heavy atom. The van der Waals surface area contributed by atoms with Crippen molar-refractivity contribution in [2.45, 2.75) is 13.1 Å². The lowest BCUT2D eigenvalue weighted by Crippen LogP contribution is -2.13. The molecule has 3 rings (SSSR count). The topological polar surface area (TPSA) is 54.2 Å². The average molecular weight is 306 g/mol. The van der Waals surface area contributed by atoms with E-state index in [0.29, 0.717) is 5.82 Å². The van der Waals surface area contributed by atoms with Gasteiger partial charge in [0.1, 0.15) is 5.82 Å². The van der Waals surface area contributed by atoms with Gasteiger partial charge >= 0.3 is 0 Å². The number of hydrogen-bond acceptors (Lipinski definition) is 4. The molecule has 0 amide bonds. The minimum absolute atomic E-state index is 0.559. The summed E-state index contributed by atoms with van der Waals surface area (Å²) in [6, 6.07) is 18.7. The zero-order chi connectivity index (χ0) is 16.2. The third-order valence-electron chi connectivity index (χ3n) is 3.89. The number of nitrogens with one attached hydrogen (secondary N) is 1. The maximum absolute atomic E-state index is 5.75. The van der Waals surface area contributed by atoms with Crippen LogP contribution >= 0.6 is 0 Å². The molecule has 3 N–H and O–H groups in total. The van der Waals surface area contributed by atoms with Crippen LogP contribution in [-0.4, -0.2) is 19.1 Å². The molecule has 23 heavy (non-hydrogen) atoms. The van der Waals surface area contributed by atoms with Crippen LogP contribution in [0.4, 0.5) is 11.5 Å². The molecule has 4 nitrogen and oxygen atoms in total. The predicted octanol–water partition coefficient (Wildman–Crippen LogP) is 3.17. The summed E-state index contributed by atoms with van der Waals surface area (Å²) in [7, 11) is 4.10. The van der Waals surface area contributed by atoms with E-state index in [0.717, 1.165) is 24.0 Å². The standard InChI is InChI=1S/C19H22N4/c1-23(2)17-8-4-14(5-9-17)12-21-13-15-3-6-16-7-10-19(20)22-18(16)11-15/h3-11,21H,12-13H2,1-2H3,(H2,20,22). The van der Waals surface area contributed by atoms with Gasteiger partial charge in [0.15, 0.2) is 0 Å². The summed E-state index contributed by atoms with van der Waals surface area (Å²) in [6.07, 6.45) is 0. The van der Waals surface area contributed by atoms with Gasteiger partial charge < -0.3 is 16.0 Å². The minimum atomic E-state index is 0.559. The zero-order valence-electron chi connectivity index (χ0n) is 13.6. The Hall–Kier alpha value is -2.59. The van der Waals surface area contributed by atoms with E-state index in [9.17, 15) is 0 Å². The van der Waals surface area contributed by atoms with E-state index < -0.39 is 0 Å². The normalized spacial score (nSPS) is 10.9. The molecule has 2 aromatic carbocycles. The minimum Gasteiger partial charge on any atom is -0.384 e. The van der Waals surface area contributed by atoms with Crippen LogP contribution in [0.3, 0.4) is 0 Å². The van der Waals surface area contributed by atoms with Crippen LogP contribution in [0.5, 0.6) is 0 Å². The molecule has 0 bridgehead atoms. The lowest BCUT2D eigenvalue weighted by molar-refractivity contribution is 0.694. The van der Waals surface area contributed by atoms with Gasteiger partial charge in [-0.25, -0.2) is 4.98 Å². The Morgan fingerprint density at radius 3 is 2.30 bits per heavy atom. The highest BCUT2D eigenvalue weighted by Gasteiger charge is 2.00. The van der Waals surface area contributed by atoms with Crippen molar-refractivity contribution < 1.29 is 0 Å². The predicted molar refractivity (Wildman–Crippen MR) is 97.5 cm³/mol. The Labute approximate surface area is 136 Å². The summed E-state index contributed by atoms with van der Waals surface area (Å²) >= 11 is 0. The monoisotopic (exact) mass is 306 g/mol. The van der Waals surface area contributed by atoms with E-state index in [1.165, 1.54) is 16.8 Å². The second kappa shape index (κ2) is 6.67. The van der Waals surface area contributed by atoms with Crippen LogP contribution in [0, 0.1) is 0 Å². The summed E-state index contributed by atoms with van der Waals surface area (Å²) in [5.41, 5.74) is 10.4. The van der Waals surface area contributed by atoms with E-state index in [-0.39, 0.29) is 0 Å². The number of rotatable bonds is 5. The number of anilines is 2. The van der Waals surface area contributed by atoms with Crippen LogP contribution < -0.4 is 16.0 Å². The third-order valence-corrected chi connectivity index (χ3v) is 3.89. The SMILES string of the molecule is CN(C)c1ccc(CNCc2ccc3ccc(N)nc3c2)cc1. The molecule has 0 saturated carbocycles. The van der Waals surface area contributed by atoms with Crippen molar-refractivity contribution in [3.63, 3.8) is 0 Å². The van der Waals surface area contributed by atoms with Gasteiger partial charge in [-0.05, 0) is 41.5 Å². The molecular formula is C19H22N4. The van der Waals surface area contributed by atoms with Crippen LogP contribution in [0.25, 0.3) is 10.9 Å². The highest BCUT2D eigenvalue weighted by molar-refractivity contribution is 5.80. The third kappa shape index (κ3) is 3.79. The highest BCUT2D eigenvalue weighted by atomic mass is 15.1. The second-order valence-corrected chi connectivity index (χ2v) is 5.93. The molecule has 0 fully saturated rings. The Kier molecular flexibility index (Phi) is 4.44. The second-order valence-electron chi connectivity index (χ2n) is 5.93. The van der Waals surface area contributed by atoms with Gasteiger partial charge in [0.2, 0.25) is 0 Å². The van der Waals surface area contributed by atoms with Crippen molar-refractivity contribution in [1.82, 2.24) is 10.3 Å². The Morgan fingerprint density at radius 1 is 0.913 bits per heavy atom. The molecule has 1 aromatic heterocycles. The first-order chi connectivity index (χ1) is 11.1. The van der Waals surface area contributed by atoms with Crippen LogP contribution in [0.2, 0.25) is 0 Å².